The van der Waals surface area contributed by atoms with Crippen molar-refractivity contribution in [3.8, 4) is 0 Å². The lowest BCUT2D eigenvalue weighted by atomic mass is 9.90. The highest BCUT2D eigenvalue weighted by molar-refractivity contribution is 5.83. The number of rotatable bonds is 3. The topological polar surface area (TPSA) is 52.6 Å². The highest BCUT2D eigenvalue weighted by Gasteiger charge is 2.36. The van der Waals surface area contributed by atoms with E-state index in [1.165, 1.54) is 32.1 Å². The molecule has 2 saturated heterocycles. The fourth-order valence-corrected chi connectivity index (χ4v) is 4.54. The lowest BCUT2D eigenvalue weighted by Gasteiger charge is -2.35. The molecule has 5 heteroatoms. The Morgan fingerprint density at radius 3 is 2.12 bits per heavy atom. The summed E-state index contributed by atoms with van der Waals surface area (Å²) in [6.07, 6.45) is 11.3. The van der Waals surface area contributed by atoms with Gasteiger partial charge in [0.15, 0.2) is 0 Å². The van der Waals surface area contributed by atoms with Gasteiger partial charge >= 0.3 is 0 Å². The van der Waals surface area contributed by atoms with Crippen molar-refractivity contribution in [3.63, 3.8) is 0 Å². The van der Waals surface area contributed by atoms with Crippen molar-refractivity contribution in [2.24, 2.45) is 5.92 Å². The van der Waals surface area contributed by atoms with Crippen LogP contribution in [0.1, 0.15) is 64.2 Å². The molecule has 0 aromatic carbocycles. The maximum atomic E-state index is 12.6. The van der Waals surface area contributed by atoms with Gasteiger partial charge in [-0.3, -0.25) is 14.5 Å². The van der Waals surface area contributed by atoms with Gasteiger partial charge in [0.2, 0.25) is 11.8 Å². The third-order valence-electron chi connectivity index (χ3n) is 6.19. The minimum Gasteiger partial charge on any atom is -0.353 e. The van der Waals surface area contributed by atoms with Crippen molar-refractivity contribution < 1.29 is 9.59 Å². The van der Waals surface area contributed by atoms with Crippen LogP contribution in [0.4, 0.5) is 0 Å². The van der Waals surface area contributed by atoms with Gasteiger partial charge in [-0.05, 0) is 32.1 Å². The van der Waals surface area contributed by atoms with E-state index < -0.39 is 0 Å². The van der Waals surface area contributed by atoms with Crippen LogP contribution >= 0.6 is 0 Å². The average Bonchev–Trinajstić information content (AvgIpc) is 2.87. The van der Waals surface area contributed by atoms with Crippen LogP contribution in [0.3, 0.4) is 0 Å². The number of nitrogens with one attached hydrogen (secondary N) is 1. The number of nitrogens with zero attached hydrogens (tertiary/aromatic N) is 2. The van der Waals surface area contributed by atoms with Crippen molar-refractivity contribution in [1.29, 1.82) is 0 Å². The summed E-state index contributed by atoms with van der Waals surface area (Å²) in [6, 6.07) is 0.380. The molecule has 3 rings (SSSR count). The molecule has 1 saturated carbocycles. The molecule has 2 aliphatic heterocycles. The molecule has 136 valence electrons. The van der Waals surface area contributed by atoms with Crippen LogP contribution in [-0.4, -0.2) is 60.4 Å². The second-order valence-corrected chi connectivity index (χ2v) is 7.93. The average molecular weight is 335 g/mol. The van der Waals surface area contributed by atoms with Crippen molar-refractivity contribution in [2.45, 2.75) is 76.3 Å². The van der Waals surface area contributed by atoms with E-state index in [4.69, 9.17) is 0 Å². The van der Waals surface area contributed by atoms with Gasteiger partial charge in [0.25, 0.3) is 0 Å². The van der Waals surface area contributed by atoms with Crippen LogP contribution in [0, 0.1) is 5.92 Å². The number of amides is 2. The van der Waals surface area contributed by atoms with E-state index in [0.29, 0.717) is 6.04 Å². The zero-order valence-electron chi connectivity index (χ0n) is 15.1. The predicted molar refractivity (Wildman–Crippen MR) is 94.6 cm³/mol. The fraction of sp³-hybridized carbons (Fsp3) is 0.895. The largest absolute Gasteiger partial charge is 0.353 e. The normalized spacial score (nSPS) is 28.6. The first-order valence-corrected chi connectivity index (χ1v) is 9.94. The SMILES string of the molecule is CN1CC[C@H](N2CCC(NC(=O)C3CCCCCCC3)CC2)C1=O. The minimum atomic E-state index is 0.0808. The Morgan fingerprint density at radius 1 is 0.917 bits per heavy atom. The van der Waals surface area contributed by atoms with Crippen molar-refractivity contribution in [2.75, 3.05) is 26.7 Å². The lowest BCUT2D eigenvalue weighted by Crippen LogP contribution is -2.50. The van der Waals surface area contributed by atoms with E-state index in [2.05, 4.69) is 10.2 Å². The molecule has 0 unspecified atom stereocenters. The summed E-state index contributed by atoms with van der Waals surface area (Å²) in [7, 11) is 1.89. The first kappa shape index (κ1) is 17.7. The number of carbonyl (C=O) groups excluding carboxylic acids is 2. The third kappa shape index (κ3) is 4.29. The van der Waals surface area contributed by atoms with Crippen molar-refractivity contribution >= 4 is 11.8 Å². The zero-order valence-corrected chi connectivity index (χ0v) is 15.1. The van der Waals surface area contributed by atoms with Gasteiger partial charge in [0.1, 0.15) is 0 Å². The van der Waals surface area contributed by atoms with Crippen molar-refractivity contribution in [1.82, 2.24) is 15.1 Å². The number of likely N-dealkylation sites (N-methyl/N-ethyl adjacent to an activating group) is 1. The minimum absolute atomic E-state index is 0.0808. The van der Waals surface area contributed by atoms with Gasteiger partial charge in [-0.1, -0.05) is 32.1 Å². The lowest BCUT2D eigenvalue weighted by molar-refractivity contribution is -0.132. The molecular formula is C19H33N3O2. The number of piperidine rings is 1. The Labute approximate surface area is 146 Å². The van der Waals surface area contributed by atoms with E-state index in [-0.39, 0.29) is 23.8 Å². The monoisotopic (exact) mass is 335 g/mol. The maximum absolute atomic E-state index is 12.6. The molecular weight excluding hydrogens is 302 g/mol. The van der Waals surface area contributed by atoms with E-state index in [0.717, 1.165) is 51.7 Å². The van der Waals surface area contributed by atoms with Crippen LogP contribution < -0.4 is 5.32 Å². The molecule has 3 aliphatic rings. The highest BCUT2D eigenvalue weighted by Crippen LogP contribution is 2.24. The molecule has 0 aromatic rings. The van der Waals surface area contributed by atoms with Gasteiger partial charge in [-0.15, -0.1) is 0 Å². The second-order valence-electron chi connectivity index (χ2n) is 7.93. The Bertz CT molecular complexity index is 438. The van der Waals surface area contributed by atoms with E-state index in [1.54, 1.807) is 0 Å². The standard InChI is InChI=1S/C19H33N3O2/c1-21-12-11-17(19(21)24)22-13-9-16(10-14-22)20-18(23)15-7-5-3-2-4-6-8-15/h15-17H,2-14H2,1H3,(H,20,23)/t17-/m0/s1. The Balaban J connectivity index is 1.43. The maximum Gasteiger partial charge on any atom is 0.239 e. The summed E-state index contributed by atoms with van der Waals surface area (Å²) in [5.41, 5.74) is 0. The van der Waals surface area contributed by atoms with E-state index in [1.807, 2.05) is 11.9 Å². The predicted octanol–water partition coefficient (Wildman–Crippen LogP) is 2.16. The molecule has 1 atom stereocenters. The highest BCUT2D eigenvalue weighted by atomic mass is 16.2. The van der Waals surface area contributed by atoms with E-state index >= 15 is 0 Å². The Kier molecular flexibility index (Phi) is 6.14. The number of carbonyl (C=O) groups is 2. The fourth-order valence-electron chi connectivity index (χ4n) is 4.54. The molecule has 1 aliphatic carbocycles. The van der Waals surface area contributed by atoms with Crippen LogP contribution in [0.5, 0.6) is 0 Å². The molecule has 2 heterocycles. The third-order valence-corrected chi connectivity index (χ3v) is 6.19. The zero-order chi connectivity index (χ0) is 16.9. The smallest absolute Gasteiger partial charge is 0.239 e. The molecule has 0 radical (unpaired) electrons. The molecule has 1 N–H and O–H groups in total. The summed E-state index contributed by atoms with van der Waals surface area (Å²) in [6.45, 7) is 2.74. The summed E-state index contributed by atoms with van der Waals surface area (Å²) < 4.78 is 0. The summed E-state index contributed by atoms with van der Waals surface area (Å²) in [5.74, 6) is 0.785. The van der Waals surface area contributed by atoms with Crippen LogP contribution in [0.2, 0.25) is 0 Å². The molecule has 0 spiro atoms. The molecule has 0 bridgehead atoms. The Morgan fingerprint density at radius 2 is 1.54 bits per heavy atom. The Hall–Kier alpha value is -1.10. The quantitative estimate of drug-likeness (QED) is 0.860. The van der Waals surface area contributed by atoms with Gasteiger partial charge < -0.3 is 10.2 Å². The number of likely N-dealkylation sites (tertiary alicyclic amines) is 2. The van der Waals surface area contributed by atoms with E-state index in [9.17, 15) is 9.59 Å². The molecule has 3 fully saturated rings. The molecule has 2 amide bonds. The summed E-state index contributed by atoms with van der Waals surface area (Å²) >= 11 is 0. The first-order valence-electron chi connectivity index (χ1n) is 9.94. The van der Waals surface area contributed by atoms with Gasteiger partial charge in [-0.2, -0.15) is 0 Å². The summed E-state index contributed by atoms with van der Waals surface area (Å²) in [4.78, 5) is 28.9. The van der Waals surface area contributed by atoms with Crippen LogP contribution in [-0.2, 0) is 9.59 Å². The number of hydrogen-bond acceptors (Lipinski definition) is 3. The summed E-state index contributed by atoms with van der Waals surface area (Å²) in [5, 5.41) is 3.31. The van der Waals surface area contributed by atoms with Gasteiger partial charge in [0, 0.05) is 38.6 Å². The van der Waals surface area contributed by atoms with Crippen LogP contribution in [0.25, 0.3) is 0 Å². The molecule has 24 heavy (non-hydrogen) atoms. The molecule has 5 nitrogen and oxygen atoms in total. The van der Waals surface area contributed by atoms with Gasteiger partial charge in [-0.25, -0.2) is 0 Å². The first-order chi connectivity index (χ1) is 11.6. The second kappa shape index (κ2) is 8.32. The number of hydrogen-bond donors (Lipinski definition) is 1. The molecule has 0 aromatic heterocycles. The van der Waals surface area contributed by atoms with Gasteiger partial charge in [0.05, 0.1) is 6.04 Å². The van der Waals surface area contributed by atoms with Crippen LogP contribution in [0.15, 0.2) is 0 Å². The van der Waals surface area contributed by atoms with Crippen molar-refractivity contribution in [3.05, 3.63) is 0 Å².